The average molecular weight is 509 g/mol. The van der Waals surface area contributed by atoms with Crippen LogP contribution >= 0.6 is 0 Å². The van der Waals surface area contributed by atoms with E-state index >= 15 is 0 Å². The first-order valence-electron chi connectivity index (χ1n) is 12.1. The molecular weight excluding hydrogens is 474 g/mol. The molecule has 0 spiro atoms. The molecule has 1 heterocycles. The summed E-state index contributed by atoms with van der Waals surface area (Å²) in [5.74, 6) is 2.08. The lowest BCUT2D eigenvalue weighted by atomic mass is 9.64. The number of aromatic nitrogens is 2. The van der Waals surface area contributed by atoms with Crippen LogP contribution in [-0.2, 0) is 16.8 Å². The van der Waals surface area contributed by atoms with E-state index in [1.54, 1.807) is 0 Å². The molecule has 2 saturated carbocycles. The minimum absolute atomic E-state index is 0. The second-order valence-corrected chi connectivity index (χ2v) is 9.77. The van der Waals surface area contributed by atoms with E-state index in [2.05, 4.69) is 52.7 Å². The summed E-state index contributed by atoms with van der Waals surface area (Å²) >= 11 is 0. The first kappa shape index (κ1) is 23.7. The Morgan fingerprint density at radius 3 is 2.12 bits per heavy atom. The van der Waals surface area contributed by atoms with Gasteiger partial charge in [-0.3, -0.25) is 4.79 Å². The van der Waals surface area contributed by atoms with Crippen molar-refractivity contribution >= 4 is 5.91 Å². The van der Waals surface area contributed by atoms with Gasteiger partial charge < -0.3 is 22.7 Å². The maximum absolute atomic E-state index is 13.3. The fourth-order valence-corrected chi connectivity index (χ4v) is 6.18. The fraction of sp³-hybridized carbons (Fsp3) is 0.429. The molecule has 0 saturated heterocycles. The number of rotatable bonds is 7. The molecule has 2 fully saturated rings. The number of hydrogen-bond donors (Lipinski definition) is 1. The maximum atomic E-state index is 13.3. The van der Waals surface area contributed by atoms with Gasteiger partial charge in [-0.1, -0.05) is 67.1 Å². The van der Waals surface area contributed by atoms with Gasteiger partial charge in [0.15, 0.2) is 0 Å². The second-order valence-electron chi connectivity index (χ2n) is 9.77. The van der Waals surface area contributed by atoms with Gasteiger partial charge in [0.25, 0.3) is 5.82 Å². The molecule has 2 N–H and O–H groups in total. The van der Waals surface area contributed by atoms with E-state index in [0.717, 1.165) is 42.9 Å². The standard InChI is InChI=1S/C28H33N3O.BrH/c1-21-30(20-22-9-8-10-22)17-18-31(21)26-16-15-25(19-26)28(27(29)32,23-11-4-2-5-12-23)24-13-6-3-7-14-24;/h2-7,11-14,17-18,22,25-26H,8-10,15-16,19-20H2,1H3,(H-,29,32);1H/t25-,26+;/m1./s1. The van der Waals surface area contributed by atoms with Gasteiger partial charge in [-0.05, 0) is 55.1 Å². The first-order chi connectivity index (χ1) is 15.6. The summed E-state index contributed by atoms with van der Waals surface area (Å²) in [6.07, 6.45) is 11.6. The SMILES string of the molecule is Cc1n(CC2CCC2)cc[n+]1[C@H]1CC[C@@H](C(C(N)=O)(c2ccccc2)c2ccccc2)C1.[Br-]. The smallest absolute Gasteiger partial charge is 0.253 e. The van der Waals surface area contributed by atoms with Crippen LogP contribution in [0.5, 0.6) is 0 Å². The lowest BCUT2D eigenvalue weighted by Crippen LogP contribution is -3.00. The monoisotopic (exact) mass is 507 g/mol. The lowest BCUT2D eigenvalue weighted by molar-refractivity contribution is -0.727. The molecule has 0 unspecified atom stereocenters. The summed E-state index contributed by atoms with van der Waals surface area (Å²) in [6.45, 7) is 3.37. The van der Waals surface area contributed by atoms with Crippen LogP contribution in [0.15, 0.2) is 73.1 Å². The summed E-state index contributed by atoms with van der Waals surface area (Å²) in [5, 5.41) is 0. The van der Waals surface area contributed by atoms with E-state index in [9.17, 15) is 4.79 Å². The number of nitrogens with two attached hydrogens (primary N) is 1. The molecule has 2 aliphatic carbocycles. The van der Waals surface area contributed by atoms with E-state index in [-0.39, 0.29) is 28.8 Å². The number of amides is 1. The van der Waals surface area contributed by atoms with Crippen LogP contribution in [0.2, 0.25) is 0 Å². The number of carbonyl (C=O) groups is 1. The predicted molar refractivity (Wildman–Crippen MR) is 126 cm³/mol. The Kier molecular flexibility index (Phi) is 7.08. The van der Waals surface area contributed by atoms with E-state index < -0.39 is 5.41 Å². The molecule has 0 aliphatic heterocycles. The minimum Gasteiger partial charge on any atom is -1.00 e. The van der Waals surface area contributed by atoms with Crippen molar-refractivity contribution < 1.29 is 26.3 Å². The summed E-state index contributed by atoms with van der Waals surface area (Å²) in [7, 11) is 0. The van der Waals surface area contributed by atoms with Crippen LogP contribution in [0, 0.1) is 18.8 Å². The minimum atomic E-state index is -0.805. The molecule has 33 heavy (non-hydrogen) atoms. The Morgan fingerprint density at radius 2 is 1.61 bits per heavy atom. The van der Waals surface area contributed by atoms with E-state index in [0.29, 0.717) is 6.04 Å². The van der Waals surface area contributed by atoms with Gasteiger partial charge in [-0.25, -0.2) is 9.13 Å². The Hall–Kier alpha value is -2.40. The van der Waals surface area contributed by atoms with Gasteiger partial charge in [0.2, 0.25) is 5.91 Å². The highest BCUT2D eigenvalue weighted by Gasteiger charge is 2.51. The summed E-state index contributed by atoms with van der Waals surface area (Å²) in [6, 6.07) is 20.7. The van der Waals surface area contributed by atoms with Gasteiger partial charge in [0, 0.05) is 6.92 Å². The summed E-state index contributed by atoms with van der Waals surface area (Å²) in [4.78, 5) is 13.3. The van der Waals surface area contributed by atoms with Crippen LogP contribution in [0.1, 0.15) is 61.5 Å². The Labute approximate surface area is 207 Å². The topological polar surface area (TPSA) is 51.9 Å². The van der Waals surface area contributed by atoms with Crippen molar-refractivity contribution in [3.8, 4) is 0 Å². The quantitative estimate of drug-likeness (QED) is 0.486. The number of halogens is 1. The molecule has 1 amide bonds. The zero-order valence-electron chi connectivity index (χ0n) is 19.4. The number of nitrogens with zero attached hydrogens (tertiary/aromatic N) is 2. The zero-order chi connectivity index (χ0) is 22.1. The van der Waals surface area contributed by atoms with Gasteiger partial charge in [-0.2, -0.15) is 0 Å². The largest absolute Gasteiger partial charge is 1.00 e. The summed E-state index contributed by atoms with van der Waals surface area (Å²) in [5.41, 5.74) is 7.47. The van der Waals surface area contributed by atoms with E-state index in [1.807, 2.05) is 36.4 Å². The van der Waals surface area contributed by atoms with Crippen LogP contribution in [0.25, 0.3) is 0 Å². The molecule has 0 radical (unpaired) electrons. The number of hydrogen-bond acceptors (Lipinski definition) is 1. The molecule has 4 nitrogen and oxygen atoms in total. The van der Waals surface area contributed by atoms with Crippen LogP contribution in [-0.4, -0.2) is 10.5 Å². The highest BCUT2D eigenvalue weighted by molar-refractivity contribution is 5.91. The van der Waals surface area contributed by atoms with Crippen molar-refractivity contribution in [2.24, 2.45) is 17.6 Å². The average Bonchev–Trinajstić information content (AvgIpc) is 3.40. The van der Waals surface area contributed by atoms with E-state index in [4.69, 9.17) is 5.73 Å². The molecular formula is C28H34BrN3O. The van der Waals surface area contributed by atoms with Gasteiger partial charge >= 0.3 is 0 Å². The molecule has 1 aromatic heterocycles. The third-order valence-electron chi connectivity index (χ3n) is 8.13. The molecule has 2 aliphatic rings. The van der Waals surface area contributed by atoms with Crippen molar-refractivity contribution in [1.29, 1.82) is 0 Å². The number of imidazole rings is 1. The van der Waals surface area contributed by atoms with Gasteiger partial charge in [0.05, 0.1) is 6.54 Å². The fourth-order valence-electron chi connectivity index (χ4n) is 6.18. The number of primary amides is 1. The molecule has 174 valence electrons. The molecule has 5 heteroatoms. The second kappa shape index (κ2) is 9.84. The zero-order valence-corrected chi connectivity index (χ0v) is 21.0. The van der Waals surface area contributed by atoms with Crippen molar-refractivity contribution in [1.82, 2.24) is 4.57 Å². The molecule has 2 aromatic carbocycles. The Morgan fingerprint density at radius 1 is 1.00 bits per heavy atom. The van der Waals surface area contributed by atoms with Crippen LogP contribution in [0.3, 0.4) is 0 Å². The summed E-state index contributed by atoms with van der Waals surface area (Å²) < 4.78 is 4.87. The van der Waals surface area contributed by atoms with Crippen molar-refractivity contribution in [3.05, 3.63) is 90.0 Å². The molecule has 3 aromatic rings. The van der Waals surface area contributed by atoms with Crippen molar-refractivity contribution in [2.45, 2.75) is 63.5 Å². The third-order valence-corrected chi connectivity index (χ3v) is 8.13. The highest BCUT2D eigenvalue weighted by atomic mass is 79.9. The van der Waals surface area contributed by atoms with Crippen molar-refractivity contribution in [2.75, 3.05) is 0 Å². The Balaban J connectivity index is 0.00000259. The lowest BCUT2D eigenvalue weighted by Gasteiger charge is -2.37. The number of benzene rings is 2. The van der Waals surface area contributed by atoms with Crippen LogP contribution in [0.4, 0.5) is 0 Å². The predicted octanol–water partition coefficient (Wildman–Crippen LogP) is 1.70. The highest BCUT2D eigenvalue weighted by Crippen LogP contribution is 2.48. The first-order valence-corrected chi connectivity index (χ1v) is 12.1. The Bertz CT molecular complexity index is 1040. The maximum Gasteiger partial charge on any atom is 0.253 e. The van der Waals surface area contributed by atoms with E-state index in [1.165, 1.54) is 25.1 Å². The normalized spacial score (nSPS) is 20.8. The van der Waals surface area contributed by atoms with Gasteiger partial charge in [0.1, 0.15) is 23.9 Å². The van der Waals surface area contributed by atoms with Crippen LogP contribution < -0.4 is 27.3 Å². The van der Waals surface area contributed by atoms with Gasteiger partial charge in [-0.15, -0.1) is 0 Å². The number of carbonyl (C=O) groups excluding carboxylic acids is 1. The molecule has 5 rings (SSSR count). The third kappa shape index (κ3) is 4.16. The van der Waals surface area contributed by atoms with Crippen molar-refractivity contribution in [3.63, 3.8) is 0 Å². The molecule has 0 bridgehead atoms. The molecule has 2 atom stereocenters.